The van der Waals surface area contributed by atoms with Gasteiger partial charge in [0.25, 0.3) is 0 Å². The van der Waals surface area contributed by atoms with Crippen molar-refractivity contribution in [1.82, 2.24) is 4.90 Å². The average Bonchev–Trinajstić information content (AvgIpc) is 2.69. The van der Waals surface area contributed by atoms with Crippen molar-refractivity contribution in [1.29, 1.82) is 0 Å². The van der Waals surface area contributed by atoms with Crippen LogP contribution in [0.2, 0.25) is 0 Å². The molecule has 0 aliphatic carbocycles. The van der Waals surface area contributed by atoms with Gasteiger partial charge in [-0.1, -0.05) is 42.5 Å². The van der Waals surface area contributed by atoms with Gasteiger partial charge in [-0.25, -0.2) is 0 Å². The van der Waals surface area contributed by atoms with E-state index >= 15 is 0 Å². The second-order valence-electron chi connectivity index (χ2n) is 6.62. The molecule has 2 amide bonds. The minimum atomic E-state index is -0.871. The second kappa shape index (κ2) is 9.14. The highest BCUT2D eigenvalue weighted by Gasteiger charge is 2.34. The quantitative estimate of drug-likeness (QED) is 0.764. The third-order valence-electron chi connectivity index (χ3n) is 4.52. The number of benzene rings is 2. The Morgan fingerprint density at radius 2 is 1.86 bits per heavy atom. The summed E-state index contributed by atoms with van der Waals surface area (Å²) in [7, 11) is 0. The van der Waals surface area contributed by atoms with Crippen molar-refractivity contribution in [3.05, 3.63) is 65.7 Å². The molecule has 7 nitrogen and oxygen atoms in total. The Labute approximate surface area is 162 Å². The smallest absolute Gasteiger partial charge is 0.303 e. The summed E-state index contributed by atoms with van der Waals surface area (Å²) in [4.78, 5) is 37.4. The standard InChI is InChI=1S/C21H22N2O5/c24-19-14-28-13-18(23(19)12-16-5-2-1-3-6-16)21(27)22-17-8-4-7-15(11-17)9-10-20(25)26/h1-8,11,18H,9-10,12-14H2,(H,22,27)(H,25,26)/t18-/m1/s1. The Bertz CT molecular complexity index is 853. The Hall–Kier alpha value is -3.19. The Morgan fingerprint density at radius 3 is 2.61 bits per heavy atom. The molecule has 2 N–H and O–H groups in total. The van der Waals surface area contributed by atoms with Gasteiger partial charge in [-0.15, -0.1) is 0 Å². The highest BCUT2D eigenvalue weighted by atomic mass is 16.5. The highest BCUT2D eigenvalue weighted by molar-refractivity contribution is 5.98. The van der Waals surface area contributed by atoms with Gasteiger partial charge in [0.2, 0.25) is 11.8 Å². The number of nitrogens with zero attached hydrogens (tertiary/aromatic N) is 1. The topological polar surface area (TPSA) is 95.9 Å². The lowest BCUT2D eigenvalue weighted by atomic mass is 10.1. The molecule has 0 spiro atoms. The molecule has 1 saturated heterocycles. The predicted molar refractivity (Wildman–Crippen MR) is 103 cm³/mol. The fourth-order valence-electron chi connectivity index (χ4n) is 3.08. The number of hydrogen-bond acceptors (Lipinski definition) is 4. The van der Waals surface area contributed by atoms with Crippen LogP contribution < -0.4 is 5.32 Å². The summed E-state index contributed by atoms with van der Waals surface area (Å²) in [6, 6.07) is 15.8. The Morgan fingerprint density at radius 1 is 1.11 bits per heavy atom. The number of carboxylic acids is 1. The van der Waals surface area contributed by atoms with Gasteiger partial charge in [-0.05, 0) is 29.7 Å². The predicted octanol–water partition coefficient (Wildman–Crippen LogP) is 2.07. The van der Waals surface area contributed by atoms with Gasteiger partial charge in [0, 0.05) is 18.7 Å². The third kappa shape index (κ3) is 5.17. The van der Waals surface area contributed by atoms with E-state index in [1.54, 1.807) is 18.2 Å². The summed E-state index contributed by atoms with van der Waals surface area (Å²) in [5, 5.41) is 11.6. The van der Waals surface area contributed by atoms with Crippen molar-refractivity contribution >= 4 is 23.5 Å². The number of aliphatic carboxylic acids is 1. The van der Waals surface area contributed by atoms with E-state index in [9.17, 15) is 14.4 Å². The van der Waals surface area contributed by atoms with Crippen LogP contribution in [0.4, 0.5) is 5.69 Å². The summed E-state index contributed by atoms with van der Waals surface area (Å²) in [5.74, 6) is -1.44. The molecular formula is C21H22N2O5. The molecule has 0 aromatic heterocycles. The molecule has 0 bridgehead atoms. The minimum Gasteiger partial charge on any atom is -0.481 e. The summed E-state index contributed by atoms with van der Waals surface area (Å²) in [5.41, 5.74) is 2.31. The number of nitrogens with one attached hydrogen (secondary N) is 1. The van der Waals surface area contributed by atoms with E-state index in [-0.39, 0.29) is 31.4 Å². The maximum absolute atomic E-state index is 12.8. The molecule has 1 heterocycles. The van der Waals surface area contributed by atoms with Gasteiger partial charge in [0.15, 0.2) is 0 Å². The summed E-state index contributed by atoms with van der Waals surface area (Å²) in [6.07, 6.45) is 0.400. The van der Waals surface area contributed by atoms with E-state index in [4.69, 9.17) is 9.84 Å². The van der Waals surface area contributed by atoms with Crippen LogP contribution in [0.25, 0.3) is 0 Å². The summed E-state index contributed by atoms with van der Waals surface area (Å²) < 4.78 is 5.29. The lowest BCUT2D eigenvalue weighted by molar-refractivity contribution is -0.154. The van der Waals surface area contributed by atoms with E-state index in [1.807, 2.05) is 36.4 Å². The number of amides is 2. The molecule has 146 valence electrons. The van der Waals surface area contributed by atoms with Crippen molar-refractivity contribution in [2.24, 2.45) is 0 Å². The number of rotatable bonds is 7. The zero-order valence-electron chi connectivity index (χ0n) is 15.3. The lowest BCUT2D eigenvalue weighted by Crippen LogP contribution is -2.54. The second-order valence-corrected chi connectivity index (χ2v) is 6.62. The first-order chi connectivity index (χ1) is 13.5. The van der Waals surface area contributed by atoms with Crippen molar-refractivity contribution < 1.29 is 24.2 Å². The molecule has 2 aromatic carbocycles. The molecule has 1 aliphatic rings. The van der Waals surface area contributed by atoms with Crippen LogP contribution in [-0.4, -0.2) is 47.0 Å². The van der Waals surface area contributed by atoms with Gasteiger partial charge in [0.05, 0.1) is 6.61 Å². The molecule has 0 unspecified atom stereocenters. The lowest BCUT2D eigenvalue weighted by Gasteiger charge is -2.34. The largest absolute Gasteiger partial charge is 0.481 e. The van der Waals surface area contributed by atoms with Gasteiger partial charge in [-0.3, -0.25) is 14.4 Å². The van der Waals surface area contributed by atoms with Crippen molar-refractivity contribution in [2.45, 2.75) is 25.4 Å². The molecule has 1 atom stereocenters. The highest BCUT2D eigenvalue weighted by Crippen LogP contribution is 2.17. The van der Waals surface area contributed by atoms with Crippen LogP contribution in [-0.2, 0) is 32.1 Å². The van der Waals surface area contributed by atoms with Crippen LogP contribution in [0.5, 0.6) is 0 Å². The van der Waals surface area contributed by atoms with Gasteiger partial charge in [0.1, 0.15) is 12.6 Å². The monoisotopic (exact) mass is 382 g/mol. The fourth-order valence-corrected chi connectivity index (χ4v) is 3.08. The number of anilines is 1. The maximum atomic E-state index is 12.8. The molecule has 1 aliphatic heterocycles. The van der Waals surface area contributed by atoms with Crippen LogP contribution in [0, 0.1) is 0 Å². The number of ether oxygens (including phenoxy) is 1. The van der Waals surface area contributed by atoms with Gasteiger partial charge in [-0.2, -0.15) is 0 Å². The number of morpholine rings is 1. The van der Waals surface area contributed by atoms with Crippen LogP contribution in [0.1, 0.15) is 17.5 Å². The number of aryl methyl sites for hydroxylation is 1. The number of carbonyl (C=O) groups is 3. The van der Waals surface area contributed by atoms with E-state index in [2.05, 4.69) is 5.32 Å². The summed E-state index contributed by atoms with van der Waals surface area (Å²) >= 11 is 0. The van der Waals surface area contributed by atoms with Crippen LogP contribution in [0.3, 0.4) is 0 Å². The van der Waals surface area contributed by atoms with Crippen molar-refractivity contribution in [2.75, 3.05) is 18.5 Å². The first-order valence-corrected chi connectivity index (χ1v) is 9.05. The Balaban J connectivity index is 1.70. The number of carbonyl (C=O) groups excluding carboxylic acids is 2. The Kier molecular flexibility index (Phi) is 6.39. The molecule has 28 heavy (non-hydrogen) atoms. The zero-order chi connectivity index (χ0) is 19.9. The molecule has 0 saturated carbocycles. The third-order valence-corrected chi connectivity index (χ3v) is 4.52. The molecule has 7 heteroatoms. The SMILES string of the molecule is O=C(O)CCc1cccc(NC(=O)[C@H]2COCC(=O)N2Cc2ccccc2)c1. The molecular weight excluding hydrogens is 360 g/mol. The van der Waals surface area contributed by atoms with E-state index in [0.29, 0.717) is 18.7 Å². The molecule has 1 fully saturated rings. The summed E-state index contributed by atoms with van der Waals surface area (Å²) in [6.45, 7) is 0.421. The first-order valence-electron chi connectivity index (χ1n) is 9.05. The molecule has 3 rings (SSSR count). The normalized spacial score (nSPS) is 16.6. The van der Waals surface area contributed by atoms with E-state index < -0.39 is 12.0 Å². The van der Waals surface area contributed by atoms with Crippen LogP contribution >= 0.6 is 0 Å². The zero-order valence-corrected chi connectivity index (χ0v) is 15.3. The van der Waals surface area contributed by atoms with Gasteiger partial charge >= 0.3 is 5.97 Å². The van der Waals surface area contributed by atoms with E-state index in [1.165, 1.54) is 4.90 Å². The van der Waals surface area contributed by atoms with Crippen LogP contribution in [0.15, 0.2) is 54.6 Å². The molecule has 2 aromatic rings. The van der Waals surface area contributed by atoms with Crippen molar-refractivity contribution in [3.63, 3.8) is 0 Å². The van der Waals surface area contributed by atoms with Crippen molar-refractivity contribution in [3.8, 4) is 0 Å². The average molecular weight is 382 g/mol. The number of hydrogen-bond donors (Lipinski definition) is 2. The first kappa shape index (κ1) is 19.6. The van der Waals surface area contributed by atoms with Gasteiger partial charge < -0.3 is 20.1 Å². The molecule has 0 radical (unpaired) electrons. The number of carboxylic acid groups (broad SMARTS) is 1. The minimum absolute atomic E-state index is 0.0211. The maximum Gasteiger partial charge on any atom is 0.303 e. The van der Waals surface area contributed by atoms with E-state index in [0.717, 1.165) is 11.1 Å². The fraction of sp³-hybridized carbons (Fsp3) is 0.286.